The molecule has 2 aromatic heterocycles. The summed E-state index contributed by atoms with van der Waals surface area (Å²) in [5.41, 5.74) is 4.49. The molecule has 0 radical (unpaired) electrons. The van der Waals surface area contributed by atoms with E-state index in [9.17, 15) is 14.9 Å². The largest absolute Gasteiger partial charge is 0.350 e. The minimum atomic E-state index is -0.472. The molecule has 10 heteroatoms. The second-order valence-corrected chi connectivity index (χ2v) is 7.64. The predicted octanol–water partition coefficient (Wildman–Crippen LogP) is 3.03. The van der Waals surface area contributed by atoms with Crippen molar-refractivity contribution in [1.29, 1.82) is 0 Å². The van der Waals surface area contributed by atoms with E-state index in [2.05, 4.69) is 32.6 Å². The van der Waals surface area contributed by atoms with Crippen molar-refractivity contribution < 1.29 is 9.72 Å². The van der Waals surface area contributed by atoms with Gasteiger partial charge in [-0.2, -0.15) is 10.2 Å². The molecule has 2 heterocycles. The van der Waals surface area contributed by atoms with Gasteiger partial charge in [-0.25, -0.2) is 9.67 Å². The Morgan fingerprint density at radius 3 is 2.64 bits per heavy atom. The average molecular weight is 445 g/mol. The van der Waals surface area contributed by atoms with E-state index in [-0.39, 0.29) is 18.1 Å². The van der Waals surface area contributed by atoms with Gasteiger partial charge in [-0.05, 0) is 19.4 Å². The molecule has 1 amide bonds. The van der Waals surface area contributed by atoms with Crippen LogP contribution in [0, 0.1) is 24.0 Å². The van der Waals surface area contributed by atoms with Gasteiger partial charge in [0.05, 0.1) is 17.2 Å². The molecule has 4 rings (SSSR count). The van der Waals surface area contributed by atoms with Crippen molar-refractivity contribution in [2.24, 2.45) is 0 Å². The van der Waals surface area contributed by atoms with E-state index < -0.39 is 4.92 Å². The van der Waals surface area contributed by atoms with Gasteiger partial charge in [0.15, 0.2) is 5.82 Å². The molecule has 0 saturated carbocycles. The van der Waals surface area contributed by atoms with Gasteiger partial charge in [-0.15, -0.1) is 0 Å². The number of nitrogens with zero attached hydrogens (tertiary/aromatic N) is 6. The lowest BCUT2D eigenvalue weighted by Gasteiger charge is -2.07. The maximum absolute atomic E-state index is 12.5. The maximum atomic E-state index is 12.5. The Balaban J connectivity index is 1.38. The van der Waals surface area contributed by atoms with E-state index >= 15 is 0 Å². The highest BCUT2D eigenvalue weighted by Crippen LogP contribution is 2.20. The Morgan fingerprint density at radius 2 is 1.88 bits per heavy atom. The zero-order valence-electron chi connectivity index (χ0n) is 18.3. The third-order valence-corrected chi connectivity index (χ3v) is 5.33. The van der Waals surface area contributed by atoms with Gasteiger partial charge >= 0.3 is 0 Å². The van der Waals surface area contributed by atoms with Crippen LogP contribution in [0.25, 0.3) is 11.4 Å². The smallest absolute Gasteiger partial charge is 0.270 e. The topological polar surface area (TPSA) is 121 Å². The molecular formula is C23H23N7O3. The lowest BCUT2D eigenvalue weighted by molar-refractivity contribution is -0.384. The molecule has 0 unspecified atom stereocenters. The van der Waals surface area contributed by atoms with Gasteiger partial charge in [0.1, 0.15) is 12.9 Å². The lowest BCUT2D eigenvalue weighted by atomic mass is 10.2. The van der Waals surface area contributed by atoms with E-state index in [1.165, 1.54) is 23.1 Å². The number of nitro groups is 1. The molecule has 0 aliphatic heterocycles. The molecule has 0 fully saturated rings. The second-order valence-electron chi connectivity index (χ2n) is 7.64. The number of aryl methyl sites for hydroxylation is 1. The molecule has 0 spiro atoms. The molecule has 0 saturated heterocycles. The van der Waals surface area contributed by atoms with E-state index in [0.717, 1.165) is 22.5 Å². The summed E-state index contributed by atoms with van der Waals surface area (Å²) >= 11 is 0. The van der Waals surface area contributed by atoms with Gasteiger partial charge in [-0.1, -0.05) is 42.5 Å². The quantitative estimate of drug-likeness (QED) is 0.329. The number of nitrogens with one attached hydrogen (secondary N) is 1. The van der Waals surface area contributed by atoms with Crippen LogP contribution in [0.15, 0.2) is 60.9 Å². The van der Waals surface area contributed by atoms with Crippen molar-refractivity contribution >= 4 is 11.6 Å². The summed E-state index contributed by atoms with van der Waals surface area (Å²) in [5, 5.41) is 22.8. The average Bonchev–Trinajstić information content (AvgIpc) is 3.37. The third-order valence-electron chi connectivity index (χ3n) is 5.33. The fourth-order valence-electron chi connectivity index (χ4n) is 3.55. The van der Waals surface area contributed by atoms with Crippen LogP contribution in [0.1, 0.15) is 22.5 Å². The fraction of sp³-hybridized carbons (Fsp3) is 0.217. The van der Waals surface area contributed by atoms with Crippen LogP contribution < -0.4 is 5.32 Å². The first-order chi connectivity index (χ1) is 15.9. The molecule has 33 heavy (non-hydrogen) atoms. The van der Waals surface area contributed by atoms with Gasteiger partial charge < -0.3 is 5.32 Å². The number of carbonyl (C=O) groups excluding carboxylic acids is 1. The highest BCUT2D eigenvalue weighted by Gasteiger charge is 2.14. The first-order valence-corrected chi connectivity index (χ1v) is 10.4. The van der Waals surface area contributed by atoms with Gasteiger partial charge in [0.25, 0.3) is 5.69 Å². The molecule has 168 valence electrons. The fourth-order valence-corrected chi connectivity index (χ4v) is 3.55. The van der Waals surface area contributed by atoms with E-state index in [4.69, 9.17) is 0 Å². The van der Waals surface area contributed by atoms with Crippen molar-refractivity contribution in [3.63, 3.8) is 0 Å². The molecule has 0 bridgehead atoms. The van der Waals surface area contributed by atoms with Crippen LogP contribution in [-0.4, -0.2) is 35.4 Å². The van der Waals surface area contributed by atoms with Crippen molar-refractivity contribution in [1.82, 2.24) is 29.9 Å². The maximum Gasteiger partial charge on any atom is 0.270 e. The van der Waals surface area contributed by atoms with Crippen molar-refractivity contribution in [3.8, 4) is 11.4 Å². The number of benzene rings is 2. The molecule has 10 nitrogen and oxygen atoms in total. The van der Waals surface area contributed by atoms with Crippen LogP contribution in [0.5, 0.6) is 0 Å². The van der Waals surface area contributed by atoms with Crippen molar-refractivity contribution in [3.05, 3.63) is 93.6 Å². The predicted molar refractivity (Wildman–Crippen MR) is 121 cm³/mol. The Kier molecular flexibility index (Phi) is 6.25. The highest BCUT2D eigenvalue weighted by molar-refractivity contribution is 5.75. The number of amides is 1. The van der Waals surface area contributed by atoms with E-state index in [0.29, 0.717) is 24.5 Å². The first-order valence-electron chi connectivity index (χ1n) is 10.4. The molecular weight excluding hydrogens is 422 g/mol. The van der Waals surface area contributed by atoms with Crippen LogP contribution in [0.3, 0.4) is 0 Å². The zero-order valence-corrected chi connectivity index (χ0v) is 18.3. The number of carbonyl (C=O) groups is 1. The Morgan fingerprint density at radius 1 is 1.09 bits per heavy atom. The van der Waals surface area contributed by atoms with Gasteiger partial charge in [0.2, 0.25) is 5.91 Å². The number of nitro benzene ring substituents is 1. The van der Waals surface area contributed by atoms with Crippen molar-refractivity contribution in [2.45, 2.75) is 33.5 Å². The van der Waals surface area contributed by atoms with Crippen LogP contribution in [0.4, 0.5) is 5.69 Å². The number of hydrogen-bond donors (Lipinski definition) is 1. The van der Waals surface area contributed by atoms with Crippen LogP contribution in [0.2, 0.25) is 0 Å². The summed E-state index contributed by atoms with van der Waals surface area (Å²) in [6.45, 7) is 4.93. The third kappa shape index (κ3) is 5.12. The summed E-state index contributed by atoms with van der Waals surface area (Å²) in [5.74, 6) is 0.0977. The van der Waals surface area contributed by atoms with Gasteiger partial charge in [-0.3, -0.25) is 19.6 Å². The van der Waals surface area contributed by atoms with E-state index in [1.54, 1.807) is 12.1 Å². The summed E-state index contributed by atoms with van der Waals surface area (Å²) in [6.07, 6.45) is 1.43. The van der Waals surface area contributed by atoms with E-state index in [1.807, 2.05) is 36.7 Å². The molecule has 0 aliphatic rings. The number of non-ortho nitro benzene ring substituents is 1. The lowest BCUT2D eigenvalue weighted by Crippen LogP contribution is -2.27. The van der Waals surface area contributed by atoms with Gasteiger partial charge in [0, 0.05) is 35.5 Å². The first kappa shape index (κ1) is 21.9. The Bertz CT molecular complexity index is 1290. The summed E-state index contributed by atoms with van der Waals surface area (Å²) in [7, 11) is 0. The highest BCUT2D eigenvalue weighted by atomic mass is 16.6. The molecule has 4 aromatic rings. The summed E-state index contributed by atoms with van der Waals surface area (Å²) in [6, 6.07) is 16.1. The number of aromatic nitrogens is 5. The number of hydrogen-bond acceptors (Lipinski definition) is 6. The molecule has 1 N–H and O–H groups in total. The van der Waals surface area contributed by atoms with Crippen LogP contribution in [-0.2, 0) is 24.4 Å². The van der Waals surface area contributed by atoms with Crippen molar-refractivity contribution in [2.75, 3.05) is 0 Å². The summed E-state index contributed by atoms with van der Waals surface area (Å²) < 4.78 is 3.34. The standard InChI is InChI=1S/C23H23N7O3/c1-16-21(17(2)29(26-16)13-18-7-4-3-5-8-18)12-24-22(31)14-28-15-25-23(27-28)19-9-6-10-20(11-19)30(32)33/h3-11,15H,12-14H2,1-2H3,(H,24,31). The normalized spacial score (nSPS) is 10.8. The minimum absolute atomic E-state index is 0.0157. The Labute approximate surface area is 190 Å². The zero-order chi connectivity index (χ0) is 23.4. The second kappa shape index (κ2) is 9.43. The minimum Gasteiger partial charge on any atom is -0.350 e. The summed E-state index contributed by atoms with van der Waals surface area (Å²) in [4.78, 5) is 27.1. The Hall–Kier alpha value is -4.34. The molecule has 0 aliphatic carbocycles. The molecule has 2 aromatic carbocycles. The van der Waals surface area contributed by atoms with Crippen LogP contribution >= 0.6 is 0 Å². The monoisotopic (exact) mass is 445 g/mol. The number of rotatable bonds is 8. The molecule has 0 atom stereocenters. The SMILES string of the molecule is Cc1nn(Cc2ccccc2)c(C)c1CNC(=O)Cn1cnc(-c2cccc([N+](=O)[O-])c2)n1.